The second kappa shape index (κ2) is 7.72. The lowest BCUT2D eigenvalue weighted by molar-refractivity contribution is -0.144. The highest BCUT2D eigenvalue weighted by Gasteiger charge is 2.37. The molecule has 0 saturated carbocycles. The monoisotopic (exact) mass is 320 g/mol. The van der Waals surface area contributed by atoms with E-state index in [1.807, 2.05) is 0 Å². The summed E-state index contributed by atoms with van der Waals surface area (Å²) < 4.78 is 8.92. The minimum absolute atomic E-state index is 0.175. The molecule has 0 spiro atoms. The number of esters is 2. The summed E-state index contributed by atoms with van der Waals surface area (Å²) in [5.74, 6) is -2.14. The predicted octanol–water partition coefficient (Wildman–Crippen LogP) is -0.786. The number of ether oxygens (including phenoxy) is 2. The zero-order valence-electron chi connectivity index (χ0n) is 11.6. The van der Waals surface area contributed by atoms with Gasteiger partial charge in [-0.05, 0) is 0 Å². The molecule has 1 aliphatic rings. The Morgan fingerprint density at radius 3 is 2.14 bits per heavy atom. The van der Waals surface area contributed by atoms with Crippen molar-refractivity contribution in [2.75, 3.05) is 38.9 Å². The summed E-state index contributed by atoms with van der Waals surface area (Å²) in [5.41, 5.74) is 0. The second-order valence-corrected chi connectivity index (χ2v) is 5.11. The highest BCUT2D eigenvalue weighted by Crippen LogP contribution is 2.22. The van der Waals surface area contributed by atoms with Crippen molar-refractivity contribution in [3.8, 4) is 0 Å². The van der Waals surface area contributed by atoms with Crippen molar-refractivity contribution < 1.29 is 33.8 Å². The molecule has 1 rings (SSSR count). The molecule has 118 valence electrons. The van der Waals surface area contributed by atoms with Crippen LogP contribution >= 0.6 is 11.8 Å². The summed E-state index contributed by atoms with van der Waals surface area (Å²) in [6, 6.07) is -1.71. The minimum atomic E-state index is -1.13. The largest absolute Gasteiger partial charge is 0.480 e. The molecule has 2 amide bonds. The molecule has 0 aliphatic carbocycles. The average Bonchev–Trinajstić information content (AvgIpc) is 2.94. The predicted molar refractivity (Wildman–Crippen MR) is 71.6 cm³/mol. The van der Waals surface area contributed by atoms with Crippen molar-refractivity contribution in [3.63, 3.8) is 0 Å². The number of amides is 2. The number of rotatable bonds is 5. The lowest BCUT2D eigenvalue weighted by Crippen LogP contribution is -2.51. The third-order valence-electron chi connectivity index (χ3n) is 2.78. The first-order valence-corrected chi connectivity index (χ1v) is 7.06. The van der Waals surface area contributed by atoms with Gasteiger partial charge in [0.15, 0.2) is 0 Å². The molecule has 0 aromatic heterocycles. The Labute approximate surface area is 125 Å². The number of hydrogen-bond donors (Lipinski definition) is 1. The molecule has 1 saturated heterocycles. The molecule has 1 aliphatic heterocycles. The van der Waals surface area contributed by atoms with Crippen LogP contribution in [0.3, 0.4) is 0 Å². The Hall–Kier alpha value is -1.97. The van der Waals surface area contributed by atoms with E-state index in [2.05, 4.69) is 9.47 Å². The highest BCUT2D eigenvalue weighted by atomic mass is 32.2. The van der Waals surface area contributed by atoms with E-state index in [-0.39, 0.29) is 11.6 Å². The van der Waals surface area contributed by atoms with Gasteiger partial charge in [0.2, 0.25) is 0 Å². The molecule has 10 heteroatoms. The molecule has 0 aromatic rings. The first-order chi connectivity index (χ1) is 9.90. The topological polar surface area (TPSA) is 113 Å². The van der Waals surface area contributed by atoms with E-state index < -0.39 is 43.1 Å². The summed E-state index contributed by atoms with van der Waals surface area (Å²) >= 11 is 1.28. The van der Waals surface area contributed by atoms with E-state index >= 15 is 0 Å². The molecule has 1 atom stereocenters. The molecule has 0 bridgehead atoms. The molecule has 1 heterocycles. The van der Waals surface area contributed by atoms with Crippen LogP contribution < -0.4 is 0 Å². The van der Waals surface area contributed by atoms with Gasteiger partial charge in [-0.25, -0.2) is 9.59 Å². The van der Waals surface area contributed by atoms with Gasteiger partial charge in [0.05, 0.1) is 20.1 Å². The number of aliphatic carboxylic acids is 1. The third-order valence-corrected chi connectivity index (χ3v) is 3.79. The highest BCUT2D eigenvalue weighted by molar-refractivity contribution is 7.99. The standard InChI is InChI=1S/C11H16N2O7S/c1-19-8(14)3-12(4-9(15)20-2)11(18)13-6-21-5-7(13)10(16)17/h7H,3-6H2,1-2H3,(H,16,17)/t7-/m0/s1. The van der Waals surface area contributed by atoms with Crippen LogP contribution in [-0.2, 0) is 23.9 Å². The van der Waals surface area contributed by atoms with Crippen molar-refractivity contribution in [1.82, 2.24) is 9.80 Å². The Balaban J connectivity index is 2.85. The van der Waals surface area contributed by atoms with Gasteiger partial charge in [0.1, 0.15) is 19.1 Å². The van der Waals surface area contributed by atoms with Gasteiger partial charge >= 0.3 is 23.9 Å². The molecule has 9 nitrogen and oxygen atoms in total. The van der Waals surface area contributed by atoms with E-state index in [0.29, 0.717) is 0 Å². The van der Waals surface area contributed by atoms with Crippen molar-refractivity contribution in [2.45, 2.75) is 6.04 Å². The fraction of sp³-hybridized carbons (Fsp3) is 0.636. The van der Waals surface area contributed by atoms with E-state index in [4.69, 9.17) is 5.11 Å². The molecule has 1 fully saturated rings. The maximum Gasteiger partial charge on any atom is 0.327 e. The van der Waals surface area contributed by atoms with Crippen LogP contribution in [0.5, 0.6) is 0 Å². The van der Waals surface area contributed by atoms with Gasteiger partial charge in [-0.2, -0.15) is 0 Å². The van der Waals surface area contributed by atoms with E-state index in [0.717, 1.165) is 24.0 Å². The van der Waals surface area contributed by atoms with Crippen LogP contribution in [0.2, 0.25) is 0 Å². The van der Waals surface area contributed by atoms with Gasteiger partial charge in [-0.3, -0.25) is 9.59 Å². The minimum Gasteiger partial charge on any atom is -0.480 e. The van der Waals surface area contributed by atoms with Crippen LogP contribution in [0, 0.1) is 0 Å². The number of carbonyl (C=O) groups is 4. The fourth-order valence-corrected chi connectivity index (χ4v) is 2.79. The zero-order valence-corrected chi connectivity index (χ0v) is 12.4. The summed E-state index contributed by atoms with van der Waals surface area (Å²) in [6.45, 7) is -0.921. The number of carboxylic acid groups (broad SMARTS) is 1. The maximum absolute atomic E-state index is 12.3. The number of thioether (sulfide) groups is 1. The SMILES string of the molecule is COC(=O)CN(CC(=O)OC)C(=O)N1CSC[C@H]1C(=O)O. The van der Waals surface area contributed by atoms with Crippen LogP contribution in [0.15, 0.2) is 0 Å². The zero-order chi connectivity index (χ0) is 16.0. The molecule has 0 aromatic carbocycles. The van der Waals surface area contributed by atoms with Crippen LogP contribution in [0.25, 0.3) is 0 Å². The summed E-state index contributed by atoms with van der Waals surface area (Å²) in [4.78, 5) is 48.0. The van der Waals surface area contributed by atoms with E-state index in [9.17, 15) is 19.2 Å². The first kappa shape index (κ1) is 17.1. The lowest BCUT2D eigenvalue weighted by Gasteiger charge is -2.28. The van der Waals surface area contributed by atoms with Gasteiger partial charge in [0.25, 0.3) is 0 Å². The maximum atomic E-state index is 12.3. The van der Waals surface area contributed by atoms with Crippen molar-refractivity contribution in [1.29, 1.82) is 0 Å². The quantitative estimate of drug-likeness (QED) is 0.656. The summed E-state index contributed by atoms with van der Waals surface area (Å²) in [5, 5.41) is 9.06. The van der Waals surface area contributed by atoms with Crippen LogP contribution in [0.4, 0.5) is 4.79 Å². The van der Waals surface area contributed by atoms with Crippen molar-refractivity contribution >= 4 is 35.7 Å². The Morgan fingerprint density at radius 2 is 1.71 bits per heavy atom. The molecular weight excluding hydrogens is 304 g/mol. The average molecular weight is 320 g/mol. The molecule has 21 heavy (non-hydrogen) atoms. The summed E-state index contributed by atoms with van der Waals surface area (Å²) in [7, 11) is 2.30. The van der Waals surface area contributed by atoms with E-state index in [1.54, 1.807) is 0 Å². The van der Waals surface area contributed by atoms with Gasteiger partial charge in [-0.1, -0.05) is 0 Å². The molecule has 1 N–H and O–H groups in total. The summed E-state index contributed by atoms with van der Waals surface area (Å²) in [6.07, 6.45) is 0. The number of nitrogens with zero attached hydrogens (tertiary/aromatic N) is 2. The van der Waals surface area contributed by atoms with Crippen LogP contribution in [-0.4, -0.2) is 83.8 Å². The van der Waals surface area contributed by atoms with Crippen molar-refractivity contribution in [3.05, 3.63) is 0 Å². The lowest BCUT2D eigenvalue weighted by atomic mass is 10.3. The Bertz CT molecular complexity index is 424. The number of hydrogen-bond acceptors (Lipinski definition) is 7. The number of methoxy groups -OCH3 is 2. The number of carbonyl (C=O) groups excluding carboxylic acids is 3. The normalized spacial score (nSPS) is 17.2. The second-order valence-electron chi connectivity index (χ2n) is 4.11. The Kier molecular flexibility index (Phi) is 6.28. The smallest absolute Gasteiger partial charge is 0.327 e. The third kappa shape index (κ3) is 4.52. The van der Waals surface area contributed by atoms with E-state index in [1.165, 1.54) is 11.8 Å². The van der Waals surface area contributed by atoms with Crippen molar-refractivity contribution in [2.24, 2.45) is 0 Å². The van der Waals surface area contributed by atoms with Crippen LogP contribution in [0.1, 0.15) is 0 Å². The number of carboxylic acids is 1. The van der Waals surface area contributed by atoms with Gasteiger partial charge in [-0.15, -0.1) is 11.8 Å². The number of urea groups is 1. The fourth-order valence-electron chi connectivity index (χ4n) is 1.65. The first-order valence-electron chi connectivity index (χ1n) is 5.90. The molecule has 0 unspecified atom stereocenters. The molecular formula is C11H16N2O7S. The van der Waals surface area contributed by atoms with Gasteiger partial charge in [0, 0.05) is 5.75 Å². The van der Waals surface area contributed by atoms with Gasteiger partial charge < -0.3 is 24.4 Å². The Morgan fingerprint density at radius 1 is 1.19 bits per heavy atom. The molecule has 0 radical (unpaired) electrons.